The number of aromatic amines is 1. The van der Waals surface area contributed by atoms with Crippen LogP contribution in [0.15, 0.2) is 47.7 Å². The van der Waals surface area contributed by atoms with Gasteiger partial charge >= 0.3 is 0 Å². The second-order valence-corrected chi connectivity index (χ2v) is 8.91. The predicted molar refractivity (Wildman–Crippen MR) is 133 cm³/mol. The Labute approximate surface area is 198 Å². The van der Waals surface area contributed by atoms with Crippen LogP contribution in [0.3, 0.4) is 0 Å². The van der Waals surface area contributed by atoms with Crippen molar-refractivity contribution in [2.75, 3.05) is 19.4 Å². The summed E-state index contributed by atoms with van der Waals surface area (Å²) in [5.74, 6) is 0.797. The third-order valence-corrected chi connectivity index (χ3v) is 5.24. The first-order valence-corrected chi connectivity index (χ1v) is 11.4. The lowest BCUT2D eigenvalue weighted by molar-refractivity contribution is -0.123. The monoisotopic (exact) mass is 464 g/mol. The molecule has 0 aromatic carbocycles. The molecule has 180 valence electrons. The highest BCUT2D eigenvalue weighted by Crippen LogP contribution is 2.18. The first-order chi connectivity index (χ1) is 16.2. The molecule has 0 aliphatic rings. The van der Waals surface area contributed by atoms with Gasteiger partial charge in [0.1, 0.15) is 11.5 Å². The van der Waals surface area contributed by atoms with E-state index in [0.717, 1.165) is 23.0 Å². The molecule has 0 unspecified atom stereocenters. The number of carbonyl (C=O) groups excluding carboxylic acids is 2. The molecule has 0 spiro atoms. The second kappa shape index (κ2) is 11.4. The normalized spacial score (nSPS) is 11.4. The summed E-state index contributed by atoms with van der Waals surface area (Å²) in [6, 6.07) is 3.32. The summed E-state index contributed by atoms with van der Waals surface area (Å²) in [4.78, 5) is 50.4. The molecule has 0 atom stereocenters. The fourth-order valence-corrected chi connectivity index (χ4v) is 3.55. The highest BCUT2D eigenvalue weighted by Gasteiger charge is 2.12. The maximum absolute atomic E-state index is 12.9. The number of hydrogen-bond donors (Lipinski definition) is 2. The SMILES string of the molecule is CC(C)Cc1cncc2[nH]c(Cn3cccc(NC(=O)CCC/C=C/C(=O)N(C)C)c3=O)nc12. The zero-order chi connectivity index (χ0) is 24.7. The number of allylic oxidation sites excluding steroid dienone is 1. The number of likely N-dealkylation sites (N-methyl/N-ethyl adjacent to an activating group) is 1. The minimum Gasteiger partial charge on any atom is -0.345 e. The highest BCUT2D eigenvalue weighted by molar-refractivity contribution is 5.90. The van der Waals surface area contributed by atoms with Gasteiger partial charge in [0.25, 0.3) is 5.56 Å². The van der Waals surface area contributed by atoms with Crippen LogP contribution < -0.4 is 10.9 Å². The van der Waals surface area contributed by atoms with Crippen molar-refractivity contribution in [3.05, 3.63) is 64.6 Å². The predicted octanol–water partition coefficient (Wildman–Crippen LogP) is 3.12. The number of nitrogens with one attached hydrogen (secondary N) is 2. The number of pyridine rings is 2. The number of rotatable bonds is 10. The van der Waals surface area contributed by atoms with Crippen molar-refractivity contribution in [3.63, 3.8) is 0 Å². The van der Waals surface area contributed by atoms with E-state index in [2.05, 4.69) is 29.1 Å². The maximum atomic E-state index is 12.9. The standard InChI is InChI=1S/C25H32N6O3/c1-17(2)13-18-14-26-15-20-24(18)29-21(27-20)16-31-12-8-9-19(25(31)34)28-22(32)10-6-5-7-11-23(33)30(3)4/h7-9,11-12,14-15,17H,5-6,10,13,16H2,1-4H3,(H,27,29)(H,28,32)/b11-7+. The number of imidazole rings is 1. The van der Waals surface area contributed by atoms with Gasteiger partial charge in [-0.1, -0.05) is 19.9 Å². The van der Waals surface area contributed by atoms with Crippen molar-refractivity contribution in [1.82, 2.24) is 24.4 Å². The molecule has 9 heteroatoms. The molecule has 0 aliphatic carbocycles. The van der Waals surface area contributed by atoms with Crippen molar-refractivity contribution in [3.8, 4) is 0 Å². The van der Waals surface area contributed by atoms with Gasteiger partial charge < -0.3 is 19.8 Å². The molecular formula is C25H32N6O3. The molecule has 0 fully saturated rings. The zero-order valence-corrected chi connectivity index (χ0v) is 20.2. The van der Waals surface area contributed by atoms with E-state index in [4.69, 9.17) is 4.98 Å². The second-order valence-electron chi connectivity index (χ2n) is 8.91. The van der Waals surface area contributed by atoms with Crippen molar-refractivity contribution >= 4 is 28.5 Å². The smallest absolute Gasteiger partial charge is 0.274 e. The zero-order valence-electron chi connectivity index (χ0n) is 20.2. The third-order valence-electron chi connectivity index (χ3n) is 5.24. The van der Waals surface area contributed by atoms with E-state index in [9.17, 15) is 14.4 Å². The Hall–Kier alpha value is -3.75. The van der Waals surface area contributed by atoms with Crippen LogP contribution in [0.2, 0.25) is 0 Å². The third kappa shape index (κ3) is 6.63. The summed E-state index contributed by atoms with van der Waals surface area (Å²) in [5, 5.41) is 2.70. The van der Waals surface area contributed by atoms with E-state index in [1.165, 1.54) is 15.5 Å². The summed E-state index contributed by atoms with van der Waals surface area (Å²) >= 11 is 0. The van der Waals surface area contributed by atoms with Gasteiger partial charge in [-0.2, -0.15) is 0 Å². The lowest BCUT2D eigenvalue weighted by Crippen LogP contribution is -2.26. The first kappa shape index (κ1) is 24.9. The van der Waals surface area contributed by atoms with E-state index in [1.54, 1.807) is 44.7 Å². The Balaban J connectivity index is 1.63. The summed E-state index contributed by atoms with van der Waals surface area (Å²) in [6.45, 7) is 4.55. The van der Waals surface area contributed by atoms with Crippen molar-refractivity contribution in [1.29, 1.82) is 0 Å². The van der Waals surface area contributed by atoms with Crippen molar-refractivity contribution < 1.29 is 9.59 Å². The number of H-pyrrole nitrogens is 1. The Morgan fingerprint density at radius 1 is 1.26 bits per heavy atom. The molecular weight excluding hydrogens is 432 g/mol. The number of amides is 2. The van der Waals surface area contributed by atoms with Crippen LogP contribution in [0.1, 0.15) is 44.5 Å². The number of unbranched alkanes of at least 4 members (excludes halogenated alkanes) is 1. The van der Waals surface area contributed by atoms with E-state index < -0.39 is 0 Å². The van der Waals surface area contributed by atoms with Crippen LogP contribution in [0.4, 0.5) is 5.69 Å². The molecule has 3 aromatic rings. The first-order valence-electron chi connectivity index (χ1n) is 11.4. The van der Waals surface area contributed by atoms with Crippen LogP contribution in [0.25, 0.3) is 11.0 Å². The number of nitrogens with zero attached hydrogens (tertiary/aromatic N) is 4. The maximum Gasteiger partial charge on any atom is 0.274 e. The molecule has 0 saturated heterocycles. The Morgan fingerprint density at radius 3 is 2.79 bits per heavy atom. The molecule has 0 saturated carbocycles. The molecule has 0 bridgehead atoms. The fourth-order valence-electron chi connectivity index (χ4n) is 3.55. The molecule has 2 N–H and O–H groups in total. The van der Waals surface area contributed by atoms with Crippen LogP contribution in [0, 0.1) is 5.92 Å². The minimum absolute atomic E-state index is 0.0915. The van der Waals surface area contributed by atoms with Gasteiger partial charge in [-0.25, -0.2) is 4.98 Å². The van der Waals surface area contributed by atoms with Gasteiger partial charge in [0.05, 0.1) is 23.8 Å². The molecule has 3 heterocycles. The van der Waals surface area contributed by atoms with Gasteiger partial charge in [-0.05, 0) is 49.0 Å². The van der Waals surface area contributed by atoms with E-state index in [0.29, 0.717) is 24.6 Å². The molecule has 3 aromatic heterocycles. The summed E-state index contributed by atoms with van der Waals surface area (Å²) in [5.41, 5.74) is 2.71. The fraction of sp³-hybridized carbons (Fsp3) is 0.400. The molecule has 9 nitrogen and oxygen atoms in total. The van der Waals surface area contributed by atoms with Gasteiger partial charge in [0.15, 0.2) is 0 Å². The number of aromatic nitrogens is 4. The highest BCUT2D eigenvalue weighted by atomic mass is 16.2. The largest absolute Gasteiger partial charge is 0.345 e. The van der Waals surface area contributed by atoms with Gasteiger partial charge in [-0.3, -0.25) is 19.4 Å². The lowest BCUT2D eigenvalue weighted by Gasteiger charge is -2.08. The van der Waals surface area contributed by atoms with Crippen LogP contribution in [-0.4, -0.2) is 50.3 Å². The summed E-state index contributed by atoms with van der Waals surface area (Å²) < 4.78 is 1.51. The average Bonchev–Trinajstić information content (AvgIpc) is 3.19. The Kier molecular flexibility index (Phi) is 8.34. The van der Waals surface area contributed by atoms with Crippen LogP contribution >= 0.6 is 0 Å². The average molecular weight is 465 g/mol. The quantitative estimate of drug-likeness (QED) is 0.354. The molecule has 0 aliphatic heterocycles. The van der Waals surface area contributed by atoms with Gasteiger partial charge in [0.2, 0.25) is 11.8 Å². The van der Waals surface area contributed by atoms with Gasteiger partial charge in [-0.15, -0.1) is 0 Å². The van der Waals surface area contributed by atoms with E-state index in [1.807, 2.05) is 6.20 Å². The molecule has 2 amide bonds. The van der Waals surface area contributed by atoms with Crippen LogP contribution in [0.5, 0.6) is 0 Å². The topological polar surface area (TPSA) is 113 Å². The van der Waals surface area contributed by atoms with E-state index in [-0.39, 0.29) is 36.0 Å². The number of hydrogen-bond acceptors (Lipinski definition) is 5. The van der Waals surface area contributed by atoms with Crippen molar-refractivity contribution in [2.24, 2.45) is 5.92 Å². The lowest BCUT2D eigenvalue weighted by atomic mass is 10.0. The molecule has 3 rings (SSSR count). The van der Waals surface area contributed by atoms with E-state index >= 15 is 0 Å². The Morgan fingerprint density at radius 2 is 2.06 bits per heavy atom. The van der Waals surface area contributed by atoms with Gasteiger partial charge in [0, 0.05) is 32.9 Å². The number of carbonyl (C=O) groups is 2. The van der Waals surface area contributed by atoms with Crippen LogP contribution in [-0.2, 0) is 22.6 Å². The number of anilines is 1. The van der Waals surface area contributed by atoms with Crippen molar-refractivity contribution in [2.45, 2.75) is 46.1 Å². The molecule has 0 radical (unpaired) electrons. The summed E-state index contributed by atoms with van der Waals surface area (Å²) in [6.07, 6.45) is 10.8. The number of fused-ring (bicyclic) bond motifs is 1. The molecule has 34 heavy (non-hydrogen) atoms. The Bertz CT molecular complexity index is 1240. The summed E-state index contributed by atoms with van der Waals surface area (Å²) in [7, 11) is 3.37. The minimum atomic E-state index is -0.298.